The summed E-state index contributed by atoms with van der Waals surface area (Å²) in [5, 5.41) is 3.08. The molecular weight excluding hydrogens is 481 g/mol. The molecule has 3 aromatic rings. The number of anilines is 2. The minimum Gasteiger partial charge on any atom is -0.469 e. The van der Waals surface area contributed by atoms with Gasteiger partial charge >= 0.3 is 17.3 Å². The van der Waals surface area contributed by atoms with E-state index in [0.29, 0.717) is 18.0 Å². The summed E-state index contributed by atoms with van der Waals surface area (Å²) in [7, 11) is 1.26. The molecule has 0 unspecified atom stereocenters. The summed E-state index contributed by atoms with van der Waals surface area (Å²) >= 11 is 0. The zero-order valence-corrected chi connectivity index (χ0v) is 20.9. The molecule has 1 fully saturated rings. The number of nitrogens with one attached hydrogen (secondary N) is 1. The lowest BCUT2D eigenvalue weighted by Crippen LogP contribution is -2.45. The predicted molar refractivity (Wildman–Crippen MR) is 135 cm³/mol. The smallest absolute Gasteiger partial charge is 0.354 e. The molecule has 1 aliphatic carbocycles. The number of nitrogens with zero attached hydrogens (tertiary/aromatic N) is 4. The molecule has 0 spiro atoms. The van der Waals surface area contributed by atoms with Gasteiger partial charge in [-0.05, 0) is 49.1 Å². The van der Waals surface area contributed by atoms with Crippen LogP contribution in [0.1, 0.15) is 39.0 Å². The van der Waals surface area contributed by atoms with Crippen LogP contribution in [0.15, 0.2) is 52.2 Å². The van der Waals surface area contributed by atoms with Crippen LogP contribution in [0.4, 0.5) is 16.0 Å². The predicted octanol–water partition coefficient (Wildman–Crippen LogP) is 3.86. The van der Waals surface area contributed by atoms with Gasteiger partial charge in [-0.2, -0.15) is 4.98 Å². The molecular formula is C26H30FN5O5. The number of ether oxygens (including phenoxy) is 2. The van der Waals surface area contributed by atoms with Crippen molar-refractivity contribution in [1.82, 2.24) is 19.1 Å². The molecule has 0 saturated heterocycles. The van der Waals surface area contributed by atoms with Gasteiger partial charge in [0.05, 0.1) is 19.2 Å². The van der Waals surface area contributed by atoms with E-state index in [2.05, 4.69) is 15.3 Å². The van der Waals surface area contributed by atoms with Crippen molar-refractivity contribution in [2.45, 2.75) is 52.1 Å². The van der Waals surface area contributed by atoms with Gasteiger partial charge in [-0.15, -0.1) is 0 Å². The van der Waals surface area contributed by atoms with E-state index in [1.54, 1.807) is 31.2 Å². The number of pyridine rings is 1. The van der Waals surface area contributed by atoms with E-state index < -0.39 is 29.1 Å². The fourth-order valence-electron chi connectivity index (χ4n) is 4.40. The molecule has 0 radical (unpaired) electrons. The number of methoxy groups -OCH3 is 1. The molecule has 1 N–H and O–H groups in total. The van der Waals surface area contributed by atoms with Gasteiger partial charge in [-0.3, -0.25) is 9.36 Å². The molecule has 1 aliphatic rings. The first-order valence-corrected chi connectivity index (χ1v) is 12.3. The van der Waals surface area contributed by atoms with Crippen LogP contribution in [-0.4, -0.2) is 32.2 Å². The molecule has 1 saturated carbocycles. The molecule has 0 amide bonds. The average Bonchev–Trinajstić information content (AvgIpc) is 2.91. The fraction of sp³-hybridized carbons (Fsp3) is 0.423. The molecule has 11 heteroatoms. The standard InChI is InChI=1S/C26H30FN5O5/c1-17(23(33)36-2)15-32-25(34)30-24(31(26(32)35)16-18-6-4-3-5-7-18)29-20-9-11-21(12-10-20)37-22-13-8-19(27)14-28-22/h8-14,17-18H,3-7,15-16H2,1-2H3,(H,29,30,34)/t17-/m0/s1. The van der Waals surface area contributed by atoms with Gasteiger partial charge in [0.15, 0.2) is 0 Å². The van der Waals surface area contributed by atoms with E-state index in [-0.39, 0.29) is 24.3 Å². The molecule has 37 heavy (non-hydrogen) atoms. The number of carbonyl (C=O) groups is 1. The van der Waals surface area contributed by atoms with E-state index in [4.69, 9.17) is 9.47 Å². The van der Waals surface area contributed by atoms with Crippen molar-refractivity contribution in [2.75, 3.05) is 12.4 Å². The third kappa shape index (κ3) is 6.60. The lowest BCUT2D eigenvalue weighted by molar-refractivity contribution is -0.145. The van der Waals surface area contributed by atoms with Gasteiger partial charge in [0.1, 0.15) is 11.6 Å². The number of carbonyl (C=O) groups excluding carboxylic acids is 1. The minimum atomic E-state index is -0.745. The van der Waals surface area contributed by atoms with Crippen molar-refractivity contribution in [3.63, 3.8) is 0 Å². The van der Waals surface area contributed by atoms with Crippen LogP contribution in [0.5, 0.6) is 11.6 Å². The van der Waals surface area contributed by atoms with Crippen LogP contribution in [0, 0.1) is 17.7 Å². The number of rotatable bonds is 9. The molecule has 2 heterocycles. The number of esters is 1. The number of hydrogen-bond donors (Lipinski definition) is 1. The lowest BCUT2D eigenvalue weighted by Gasteiger charge is -2.24. The maximum absolute atomic E-state index is 13.4. The summed E-state index contributed by atoms with van der Waals surface area (Å²) in [6.45, 7) is 1.89. The van der Waals surface area contributed by atoms with E-state index in [0.717, 1.165) is 36.4 Å². The van der Waals surface area contributed by atoms with Gasteiger partial charge in [0.25, 0.3) is 0 Å². The second-order valence-corrected chi connectivity index (χ2v) is 9.22. The quantitative estimate of drug-likeness (QED) is 0.431. The van der Waals surface area contributed by atoms with Gasteiger partial charge < -0.3 is 14.8 Å². The Balaban J connectivity index is 1.60. The van der Waals surface area contributed by atoms with Crippen LogP contribution >= 0.6 is 0 Å². The molecule has 0 bridgehead atoms. The highest BCUT2D eigenvalue weighted by atomic mass is 19.1. The number of aromatic nitrogens is 4. The molecule has 10 nitrogen and oxygen atoms in total. The van der Waals surface area contributed by atoms with Gasteiger partial charge in [-0.25, -0.2) is 23.5 Å². The molecule has 4 rings (SSSR count). The Morgan fingerprint density at radius 1 is 1.11 bits per heavy atom. The summed E-state index contributed by atoms with van der Waals surface area (Å²) < 4.78 is 25.9. The first-order valence-electron chi connectivity index (χ1n) is 12.3. The Labute approximate surface area is 213 Å². The van der Waals surface area contributed by atoms with Crippen LogP contribution in [0.2, 0.25) is 0 Å². The van der Waals surface area contributed by atoms with Gasteiger partial charge in [-0.1, -0.05) is 26.2 Å². The summed E-state index contributed by atoms with van der Waals surface area (Å²) in [5.41, 5.74) is -0.680. The Bertz CT molecular complexity index is 1330. The second-order valence-electron chi connectivity index (χ2n) is 9.22. The van der Waals surface area contributed by atoms with Crippen LogP contribution in [0.3, 0.4) is 0 Å². The van der Waals surface area contributed by atoms with Gasteiger partial charge in [0.2, 0.25) is 11.8 Å². The fourth-order valence-corrected chi connectivity index (χ4v) is 4.40. The van der Waals surface area contributed by atoms with Crippen molar-refractivity contribution >= 4 is 17.6 Å². The third-order valence-electron chi connectivity index (χ3n) is 6.41. The van der Waals surface area contributed by atoms with Crippen molar-refractivity contribution < 1.29 is 18.7 Å². The largest absolute Gasteiger partial charge is 0.469 e. The van der Waals surface area contributed by atoms with Gasteiger partial charge in [0, 0.05) is 24.8 Å². The first kappa shape index (κ1) is 26.1. The van der Waals surface area contributed by atoms with Crippen molar-refractivity contribution in [1.29, 1.82) is 0 Å². The van der Waals surface area contributed by atoms with E-state index in [9.17, 15) is 18.8 Å². The first-order chi connectivity index (χ1) is 17.8. The normalized spacial score (nSPS) is 14.7. The summed E-state index contributed by atoms with van der Waals surface area (Å²) in [6, 6.07) is 9.45. The maximum Gasteiger partial charge on any atom is 0.354 e. The maximum atomic E-state index is 13.4. The Morgan fingerprint density at radius 3 is 2.49 bits per heavy atom. The highest BCUT2D eigenvalue weighted by molar-refractivity contribution is 5.71. The molecule has 1 atom stereocenters. The number of hydrogen-bond acceptors (Lipinski definition) is 8. The van der Waals surface area contributed by atoms with Crippen molar-refractivity contribution in [2.24, 2.45) is 11.8 Å². The Hall–Kier alpha value is -4.02. The number of benzene rings is 1. The van der Waals surface area contributed by atoms with E-state index >= 15 is 0 Å². The summed E-state index contributed by atoms with van der Waals surface area (Å²) in [6.07, 6.45) is 6.42. The highest BCUT2D eigenvalue weighted by Gasteiger charge is 2.22. The highest BCUT2D eigenvalue weighted by Crippen LogP contribution is 2.26. The zero-order chi connectivity index (χ0) is 26.4. The topological polar surface area (TPSA) is 117 Å². The minimum absolute atomic E-state index is 0.119. The molecule has 0 aliphatic heterocycles. The third-order valence-corrected chi connectivity index (χ3v) is 6.41. The van der Waals surface area contributed by atoms with Crippen molar-refractivity contribution in [3.05, 3.63) is 69.4 Å². The van der Waals surface area contributed by atoms with Crippen molar-refractivity contribution in [3.8, 4) is 11.6 Å². The van der Waals surface area contributed by atoms with Crippen LogP contribution < -0.4 is 21.4 Å². The summed E-state index contributed by atoms with van der Waals surface area (Å²) in [4.78, 5) is 46.2. The SMILES string of the molecule is COC(=O)[C@@H](C)Cn1c(=O)nc(Nc2ccc(Oc3ccc(F)cn3)cc2)n(CC2CCCCC2)c1=O. The molecule has 2 aromatic heterocycles. The second kappa shape index (κ2) is 11.8. The monoisotopic (exact) mass is 511 g/mol. The molecule has 1 aromatic carbocycles. The van der Waals surface area contributed by atoms with Crippen LogP contribution in [-0.2, 0) is 22.6 Å². The molecule has 196 valence electrons. The Kier molecular flexibility index (Phi) is 8.32. The van der Waals surface area contributed by atoms with Crippen LogP contribution in [0.25, 0.3) is 0 Å². The summed E-state index contributed by atoms with van der Waals surface area (Å²) in [5.74, 6) is -0.499. The Morgan fingerprint density at radius 2 is 1.84 bits per heavy atom. The number of halogens is 1. The zero-order valence-electron chi connectivity index (χ0n) is 20.9. The average molecular weight is 512 g/mol. The van der Waals surface area contributed by atoms with E-state index in [1.807, 2.05) is 0 Å². The lowest BCUT2D eigenvalue weighted by atomic mass is 9.89. The van der Waals surface area contributed by atoms with E-state index in [1.165, 1.54) is 30.2 Å².